The third-order valence-corrected chi connectivity index (χ3v) is 5.86. The summed E-state index contributed by atoms with van der Waals surface area (Å²) in [5.41, 5.74) is 0.0868. The second kappa shape index (κ2) is 8.46. The molecule has 2 N–H and O–H groups in total. The second-order valence-corrected chi connectivity index (χ2v) is 7.65. The van der Waals surface area contributed by atoms with Gasteiger partial charge in [0.1, 0.15) is 5.01 Å². The van der Waals surface area contributed by atoms with Crippen molar-refractivity contribution in [3.63, 3.8) is 0 Å². The maximum atomic E-state index is 11.6. The van der Waals surface area contributed by atoms with Crippen molar-refractivity contribution >= 4 is 47.2 Å². The standard InChI is InChI=1S/C16H25N5OS.HI/c1-3-12-8-18-14(23-12)9-19-15(17-2)21-6-4-5-16(11-21)7-13(22)20-10-16;/h8H,3-7,9-11H2,1-2H3,(H,17,19)(H,20,22);1H. The number of nitrogens with zero attached hydrogens (tertiary/aromatic N) is 3. The smallest absolute Gasteiger partial charge is 0.220 e. The van der Waals surface area contributed by atoms with E-state index in [0.29, 0.717) is 13.0 Å². The first-order valence-corrected chi connectivity index (χ1v) is 9.12. The van der Waals surface area contributed by atoms with Crippen molar-refractivity contribution < 1.29 is 4.79 Å². The molecule has 8 heteroatoms. The van der Waals surface area contributed by atoms with Crippen LogP contribution in [0.2, 0.25) is 0 Å². The predicted molar refractivity (Wildman–Crippen MR) is 108 cm³/mol. The fourth-order valence-corrected chi connectivity index (χ4v) is 4.31. The minimum atomic E-state index is 0. The predicted octanol–water partition coefficient (Wildman–Crippen LogP) is 2.00. The van der Waals surface area contributed by atoms with Gasteiger partial charge in [0.2, 0.25) is 5.91 Å². The van der Waals surface area contributed by atoms with Crippen LogP contribution in [0.1, 0.15) is 36.1 Å². The topological polar surface area (TPSA) is 69.6 Å². The Balaban J connectivity index is 0.00000208. The molecular formula is C16H26IN5OS. The lowest BCUT2D eigenvalue weighted by Crippen LogP contribution is -2.51. The Kier molecular flexibility index (Phi) is 6.85. The van der Waals surface area contributed by atoms with Gasteiger partial charge in [0.05, 0.1) is 6.54 Å². The first kappa shape index (κ1) is 19.4. The Labute approximate surface area is 164 Å². The molecule has 1 aromatic rings. The Bertz CT molecular complexity index is 605. The average molecular weight is 463 g/mol. The van der Waals surface area contributed by atoms with Crippen LogP contribution in [0.5, 0.6) is 0 Å². The highest BCUT2D eigenvalue weighted by atomic mass is 127. The summed E-state index contributed by atoms with van der Waals surface area (Å²) in [6.45, 7) is 5.54. The van der Waals surface area contributed by atoms with E-state index in [0.717, 1.165) is 49.9 Å². The number of amides is 1. The minimum absolute atomic E-state index is 0. The SMILES string of the molecule is CCc1cnc(CNC(=NC)N2CCCC3(CNC(=O)C3)C2)s1.I. The molecule has 3 heterocycles. The van der Waals surface area contributed by atoms with Gasteiger partial charge in [-0.2, -0.15) is 0 Å². The van der Waals surface area contributed by atoms with Crippen LogP contribution in [0.25, 0.3) is 0 Å². The van der Waals surface area contributed by atoms with E-state index < -0.39 is 0 Å². The van der Waals surface area contributed by atoms with Gasteiger partial charge < -0.3 is 15.5 Å². The maximum Gasteiger partial charge on any atom is 0.220 e. The van der Waals surface area contributed by atoms with Crippen molar-refractivity contribution in [1.82, 2.24) is 20.5 Å². The number of nitrogens with one attached hydrogen (secondary N) is 2. The third-order valence-electron chi connectivity index (χ3n) is 4.72. The summed E-state index contributed by atoms with van der Waals surface area (Å²) in [5.74, 6) is 1.10. The molecular weight excluding hydrogens is 437 g/mol. The molecule has 1 spiro atoms. The summed E-state index contributed by atoms with van der Waals surface area (Å²) in [5, 5.41) is 7.51. The number of piperidine rings is 1. The molecule has 6 nitrogen and oxygen atoms in total. The van der Waals surface area contributed by atoms with E-state index in [1.54, 1.807) is 11.3 Å². The van der Waals surface area contributed by atoms with E-state index in [2.05, 4.69) is 32.4 Å². The first-order chi connectivity index (χ1) is 11.1. The van der Waals surface area contributed by atoms with Crippen LogP contribution in [0.4, 0.5) is 0 Å². The fraction of sp³-hybridized carbons (Fsp3) is 0.688. The number of guanidine groups is 1. The molecule has 1 atom stereocenters. The number of halogens is 1. The van der Waals surface area contributed by atoms with Gasteiger partial charge in [0.25, 0.3) is 0 Å². The van der Waals surface area contributed by atoms with Gasteiger partial charge >= 0.3 is 0 Å². The van der Waals surface area contributed by atoms with Crippen LogP contribution in [0.15, 0.2) is 11.2 Å². The lowest BCUT2D eigenvalue weighted by atomic mass is 9.79. The number of rotatable bonds is 3. The molecule has 134 valence electrons. The van der Waals surface area contributed by atoms with E-state index in [4.69, 9.17) is 0 Å². The van der Waals surface area contributed by atoms with Crippen molar-refractivity contribution in [2.24, 2.45) is 10.4 Å². The normalized spacial score (nSPS) is 24.0. The Hall–Kier alpha value is -0.900. The number of aliphatic imine (C=N–C) groups is 1. The molecule has 0 aliphatic carbocycles. The largest absolute Gasteiger partial charge is 0.355 e. The molecule has 1 unspecified atom stereocenters. The quantitative estimate of drug-likeness (QED) is 0.409. The van der Waals surface area contributed by atoms with E-state index in [1.807, 2.05) is 13.2 Å². The molecule has 24 heavy (non-hydrogen) atoms. The fourth-order valence-electron chi connectivity index (χ4n) is 3.51. The number of likely N-dealkylation sites (tertiary alicyclic amines) is 1. The lowest BCUT2D eigenvalue weighted by molar-refractivity contribution is -0.119. The molecule has 1 aromatic heterocycles. The van der Waals surface area contributed by atoms with Gasteiger partial charge in [0.15, 0.2) is 5.96 Å². The number of aromatic nitrogens is 1. The Morgan fingerprint density at radius 2 is 2.42 bits per heavy atom. The summed E-state index contributed by atoms with van der Waals surface area (Å²) < 4.78 is 0. The molecule has 3 rings (SSSR count). The van der Waals surface area contributed by atoms with E-state index >= 15 is 0 Å². The molecule has 2 fully saturated rings. The van der Waals surface area contributed by atoms with Gasteiger partial charge in [-0.05, 0) is 19.3 Å². The monoisotopic (exact) mass is 463 g/mol. The molecule has 0 radical (unpaired) electrons. The number of hydrogen-bond acceptors (Lipinski definition) is 4. The highest BCUT2D eigenvalue weighted by molar-refractivity contribution is 14.0. The minimum Gasteiger partial charge on any atom is -0.355 e. The highest BCUT2D eigenvalue weighted by Crippen LogP contribution is 2.36. The average Bonchev–Trinajstić information content (AvgIpc) is 3.15. The summed E-state index contributed by atoms with van der Waals surface area (Å²) in [6, 6.07) is 0. The van der Waals surface area contributed by atoms with Crippen molar-refractivity contribution in [2.75, 3.05) is 26.7 Å². The summed E-state index contributed by atoms with van der Waals surface area (Å²) in [4.78, 5) is 24.1. The van der Waals surface area contributed by atoms with Gasteiger partial charge in [0, 0.05) is 49.6 Å². The third kappa shape index (κ3) is 4.38. The zero-order valence-corrected chi connectivity index (χ0v) is 17.4. The zero-order chi connectivity index (χ0) is 16.3. The molecule has 2 aliphatic rings. The molecule has 1 amide bonds. The number of carbonyl (C=O) groups excluding carboxylic acids is 1. The van der Waals surface area contributed by atoms with Gasteiger partial charge in [-0.15, -0.1) is 35.3 Å². The van der Waals surface area contributed by atoms with Crippen molar-refractivity contribution in [2.45, 2.75) is 39.2 Å². The van der Waals surface area contributed by atoms with Gasteiger partial charge in [-0.1, -0.05) is 6.92 Å². The molecule has 0 saturated carbocycles. The van der Waals surface area contributed by atoms with Crippen LogP contribution in [0.3, 0.4) is 0 Å². The van der Waals surface area contributed by atoms with Crippen LogP contribution >= 0.6 is 35.3 Å². The lowest BCUT2D eigenvalue weighted by Gasteiger charge is -2.40. The number of aryl methyl sites for hydroxylation is 1. The van der Waals surface area contributed by atoms with E-state index in [1.165, 1.54) is 4.88 Å². The number of carbonyl (C=O) groups is 1. The van der Waals surface area contributed by atoms with Crippen LogP contribution in [0, 0.1) is 5.41 Å². The van der Waals surface area contributed by atoms with Crippen molar-refractivity contribution in [3.8, 4) is 0 Å². The maximum absolute atomic E-state index is 11.6. The molecule has 0 aromatic carbocycles. The first-order valence-electron chi connectivity index (χ1n) is 8.30. The highest BCUT2D eigenvalue weighted by Gasteiger charge is 2.42. The summed E-state index contributed by atoms with van der Waals surface area (Å²) >= 11 is 1.75. The van der Waals surface area contributed by atoms with Crippen LogP contribution in [-0.4, -0.2) is 48.4 Å². The zero-order valence-electron chi connectivity index (χ0n) is 14.3. The molecule has 2 aliphatic heterocycles. The summed E-state index contributed by atoms with van der Waals surface area (Å²) in [7, 11) is 1.82. The number of thiazole rings is 1. The van der Waals surface area contributed by atoms with Crippen molar-refractivity contribution in [1.29, 1.82) is 0 Å². The molecule has 2 saturated heterocycles. The van der Waals surface area contributed by atoms with Crippen LogP contribution in [-0.2, 0) is 17.8 Å². The Morgan fingerprint density at radius 1 is 1.58 bits per heavy atom. The Morgan fingerprint density at radius 3 is 3.04 bits per heavy atom. The second-order valence-electron chi connectivity index (χ2n) is 6.45. The van der Waals surface area contributed by atoms with E-state index in [-0.39, 0.29) is 35.3 Å². The summed E-state index contributed by atoms with van der Waals surface area (Å²) in [6.07, 6.45) is 5.85. The van der Waals surface area contributed by atoms with Gasteiger partial charge in [-0.25, -0.2) is 4.98 Å². The van der Waals surface area contributed by atoms with Crippen molar-refractivity contribution in [3.05, 3.63) is 16.1 Å². The van der Waals surface area contributed by atoms with Crippen LogP contribution < -0.4 is 10.6 Å². The van der Waals surface area contributed by atoms with Gasteiger partial charge in [-0.3, -0.25) is 9.79 Å². The van der Waals surface area contributed by atoms with E-state index in [9.17, 15) is 4.79 Å². The number of hydrogen-bond donors (Lipinski definition) is 2. The molecule has 0 bridgehead atoms.